The summed E-state index contributed by atoms with van der Waals surface area (Å²) in [7, 11) is 0. The Balaban J connectivity index is 1.63. The summed E-state index contributed by atoms with van der Waals surface area (Å²) in [6.07, 6.45) is 6.40. The van der Waals surface area contributed by atoms with Crippen LogP contribution in [0.3, 0.4) is 0 Å². The molecule has 1 aliphatic heterocycles. The van der Waals surface area contributed by atoms with E-state index in [2.05, 4.69) is 17.6 Å². The van der Waals surface area contributed by atoms with Gasteiger partial charge < -0.3 is 15.1 Å². The highest BCUT2D eigenvalue weighted by molar-refractivity contribution is 5.76. The highest BCUT2D eigenvalue weighted by Gasteiger charge is 2.17. The molecule has 1 unspecified atom stereocenters. The Morgan fingerprint density at radius 2 is 2.32 bits per heavy atom. The van der Waals surface area contributed by atoms with E-state index in [1.165, 1.54) is 0 Å². The van der Waals surface area contributed by atoms with Crippen LogP contribution in [0.15, 0.2) is 22.8 Å². The Bertz CT molecular complexity index is 370. The molecule has 1 amide bonds. The molecular formula is C15H24N2O2. The minimum atomic E-state index is 0.193. The van der Waals surface area contributed by atoms with Crippen molar-refractivity contribution < 1.29 is 9.21 Å². The average Bonchev–Trinajstić information content (AvgIpc) is 2.90. The first kappa shape index (κ1) is 14.1. The molecule has 0 saturated carbocycles. The van der Waals surface area contributed by atoms with E-state index in [-0.39, 0.29) is 11.9 Å². The fourth-order valence-corrected chi connectivity index (χ4v) is 2.57. The van der Waals surface area contributed by atoms with Crippen LogP contribution in [0, 0.1) is 5.92 Å². The molecule has 4 nitrogen and oxygen atoms in total. The number of piperidine rings is 1. The molecule has 0 aliphatic carbocycles. The van der Waals surface area contributed by atoms with Gasteiger partial charge in [-0.25, -0.2) is 0 Å². The molecule has 2 rings (SSSR count). The second-order valence-corrected chi connectivity index (χ2v) is 5.48. The molecular weight excluding hydrogens is 240 g/mol. The summed E-state index contributed by atoms with van der Waals surface area (Å²) in [5, 5.41) is 6.41. The van der Waals surface area contributed by atoms with E-state index in [0.717, 1.165) is 44.5 Å². The maximum absolute atomic E-state index is 11.9. The van der Waals surface area contributed by atoms with E-state index in [9.17, 15) is 4.79 Å². The minimum absolute atomic E-state index is 0.193. The Kier molecular flexibility index (Phi) is 5.45. The van der Waals surface area contributed by atoms with E-state index >= 15 is 0 Å². The predicted octanol–water partition coefficient (Wildman–Crippen LogP) is 2.11. The van der Waals surface area contributed by atoms with Crippen LogP contribution in [0.5, 0.6) is 0 Å². The van der Waals surface area contributed by atoms with Crippen LogP contribution >= 0.6 is 0 Å². The molecule has 1 atom stereocenters. The Labute approximate surface area is 114 Å². The fourth-order valence-electron chi connectivity index (χ4n) is 2.57. The van der Waals surface area contributed by atoms with Gasteiger partial charge in [0.15, 0.2) is 0 Å². The van der Waals surface area contributed by atoms with Crippen molar-refractivity contribution in [3.8, 4) is 0 Å². The van der Waals surface area contributed by atoms with Gasteiger partial charge in [0, 0.05) is 18.9 Å². The van der Waals surface area contributed by atoms with Crippen LogP contribution < -0.4 is 10.6 Å². The molecule has 0 spiro atoms. The normalized spacial score (nSPS) is 18.2. The molecule has 0 radical (unpaired) electrons. The third-order valence-corrected chi connectivity index (χ3v) is 3.74. The summed E-state index contributed by atoms with van der Waals surface area (Å²) in [6.45, 7) is 4.15. The smallest absolute Gasteiger partial charge is 0.220 e. The van der Waals surface area contributed by atoms with E-state index < -0.39 is 0 Å². The van der Waals surface area contributed by atoms with E-state index in [4.69, 9.17) is 4.42 Å². The van der Waals surface area contributed by atoms with Crippen molar-refractivity contribution in [3.05, 3.63) is 24.2 Å². The molecule has 1 aromatic rings. The van der Waals surface area contributed by atoms with Crippen LogP contribution in [-0.2, 0) is 11.2 Å². The molecule has 2 heterocycles. The van der Waals surface area contributed by atoms with E-state index in [1.807, 2.05) is 12.1 Å². The van der Waals surface area contributed by atoms with Gasteiger partial charge in [0.1, 0.15) is 5.76 Å². The van der Waals surface area contributed by atoms with Gasteiger partial charge in [-0.05, 0) is 57.3 Å². The molecule has 0 bridgehead atoms. The lowest BCUT2D eigenvalue weighted by Crippen LogP contribution is -2.36. The third-order valence-electron chi connectivity index (χ3n) is 3.74. The Morgan fingerprint density at radius 1 is 1.53 bits per heavy atom. The molecule has 4 heteroatoms. The number of hydrogen-bond donors (Lipinski definition) is 2. The second kappa shape index (κ2) is 7.34. The number of amides is 1. The standard InChI is InChI=1S/C15H24N2O2/c1-12(4-5-14-3-2-10-19-14)17-15(18)11-13-6-8-16-9-7-13/h2-3,10,12-13,16H,4-9,11H2,1H3,(H,17,18). The zero-order valence-electron chi connectivity index (χ0n) is 11.7. The van der Waals surface area contributed by atoms with Gasteiger partial charge in [0.25, 0.3) is 0 Å². The lowest BCUT2D eigenvalue weighted by molar-refractivity contribution is -0.122. The molecule has 1 aromatic heterocycles. The van der Waals surface area contributed by atoms with E-state index in [1.54, 1.807) is 6.26 Å². The third kappa shape index (κ3) is 5.07. The summed E-state index contributed by atoms with van der Waals surface area (Å²) < 4.78 is 5.29. The summed E-state index contributed by atoms with van der Waals surface area (Å²) in [5.74, 6) is 1.73. The molecule has 106 valence electrons. The van der Waals surface area contributed by atoms with Gasteiger partial charge in [0.05, 0.1) is 6.26 Å². The van der Waals surface area contributed by atoms with Crippen LogP contribution in [0.4, 0.5) is 0 Å². The highest BCUT2D eigenvalue weighted by atomic mass is 16.3. The monoisotopic (exact) mass is 264 g/mol. The number of aryl methyl sites for hydroxylation is 1. The van der Waals surface area contributed by atoms with Gasteiger partial charge in [-0.3, -0.25) is 4.79 Å². The largest absolute Gasteiger partial charge is 0.469 e. The van der Waals surface area contributed by atoms with Gasteiger partial charge in [-0.2, -0.15) is 0 Å². The van der Waals surface area contributed by atoms with Gasteiger partial charge in [-0.15, -0.1) is 0 Å². The summed E-state index contributed by atoms with van der Waals surface area (Å²) >= 11 is 0. The number of hydrogen-bond acceptors (Lipinski definition) is 3. The first-order valence-electron chi connectivity index (χ1n) is 7.26. The quantitative estimate of drug-likeness (QED) is 0.827. The number of carbonyl (C=O) groups excluding carboxylic acids is 1. The van der Waals surface area contributed by atoms with Crippen molar-refractivity contribution in [1.29, 1.82) is 0 Å². The Hall–Kier alpha value is -1.29. The summed E-state index contributed by atoms with van der Waals surface area (Å²) in [4.78, 5) is 11.9. The minimum Gasteiger partial charge on any atom is -0.469 e. The fraction of sp³-hybridized carbons (Fsp3) is 0.667. The molecule has 1 fully saturated rings. The van der Waals surface area contributed by atoms with Crippen molar-refractivity contribution in [3.63, 3.8) is 0 Å². The first-order valence-corrected chi connectivity index (χ1v) is 7.26. The predicted molar refractivity (Wildman–Crippen MR) is 74.8 cm³/mol. The van der Waals surface area contributed by atoms with Crippen LogP contribution in [0.1, 0.15) is 38.4 Å². The molecule has 1 aliphatic rings. The number of carbonyl (C=O) groups is 1. The molecule has 2 N–H and O–H groups in total. The lowest BCUT2D eigenvalue weighted by atomic mass is 9.94. The molecule has 0 aromatic carbocycles. The van der Waals surface area contributed by atoms with Crippen LogP contribution in [0.25, 0.3) is 0 Å². The summed E-state index contributed by atoms with van der Waals surface area (Å²) in [6, 6.07) is 4.08. The van der Waals surface area contributed by atoms with Crippen molar-refractivity contribution >= 4 is 5.91 Å². The SMILES string of the molecule is CC(CCc1ccco1)NC(=O)CC1CCNCC1. The molecule has 1 saturated heterocycles. The van der Waals surface area contributed by atoms with Gasteiger partial charge in [0.2, 0.25) is 5.91 Å². The number of rotatable bonds is 6. The highest BCUT2D eigenvalue weighted by Crippen LogP contribution is 2.15. The maximum Gasteiger partial charge on any atom is 0.220 e. The number of furan rings is 1. The van der Waals surface area contributed by atoms with Gasteiger partial charge in [-0.1, -0.05) is 0 Å². The Morgan fingerprint density at radius 3 is 3.00 bits per heavy atom. The first-order chi connectivity index (χ1) is 9.24. The van der Waals surface area contributed by atoms with Gasteiger partial charge >= 0.3 is 0 Å². The summed E-state index contributed by atoms with van der Waals surface area (Å²) in [5.41, 5.74) is 0. The van der Waals surface area contributed by atoms with E-state index in [0.29, 0.717) is 12.3 Å². The lowest BCUT2D eigenvalue weighted by Gasteiger charge is -2.23. The maximum atomic E-state index is 11.9. The van der Waals surface area contributed by atoms with Crippen molar-refractivity contribution in [2.45, 2.75) is 45.1 Å². The van der Waals surface area contributed by atoms with Crippen molar-refractivity contribution in [2.75, 3.05) is 13.1 Å². The second-order valence-electron chi connectivity index (χ2n) is 5.48. The number of nitrogens with one attached hydrogen (secondary N) is 2. The topological polar surface area (TPSA) is 54.3 Å². The van der Waals surface area contributed by atoms with Crippen molar-refractivity contribution in [1.82, 2.24) is 10.6 Å². The zero-order chi connectivity index (χ0) is 13.5. The molecule has 19 heavy (non-hydrogen) atoms. The van der Waals surface area contributed by atoms with Crippen LogP contribution in [0.2, 0.25) is 0 Å². The average molecular weight is 264 g/mol. The zero-order valence-corrected chi connectivity index (χ0v) is 11.7. The van der Waals surface area contributed by atoms with Crippen LogP contribution in [-0.4, -0.2) is 25.0 Å². The van der Waals surface area contributed by atoms with Crippen molar-refractivity contribution in [2.24, 2.45) is 5.92 Å².